The van der Waals surface area contributed by atoms with Crippen LogP contribution in [0.5, 0.6) is 5.75 Å². The minimum absolute atomic E-state index is 0.00918. The molecule has 0 saturated carbocycles. The lowest BCUT2D eigenvalue weighted by atomic mass is 10.1. The fourth-order valence-corrected chi connectivity index (χ4v) is 8.33. The van der Waals surface area contributed by atoms with Gasteiger partial charge in [-0.25, -0.2) is 14.4 Å². The number of ether oxygens (including phenoxy) is 8. The van der Waals surface area contributed by atoms with E-state index in [9.17, 15) is 52.7 Å². The second-order valence-electron chi connectivity index (χ2n) is 21.7. The van der Waals surface area contributed by atoms with Crippen molar-refractivity contribution < 1.29 is 90.6 Å². The molecule has 0 heterocycles. The van der Waals surface area contributed by atoms with E-state index in [1.807, 2.05) is 6.07 Å². The smallest absolute Gasteiger partial charge is 0.413 e. The van der Waals surface area contributed by atoms with Crippen LogP contribution in [0, 0.1) is 0 Å². The summed E-state index contributed by atoms with van der Waals surface area (Å²) >= 11 is 0. The van der Waals surface area contributed by atoms with Crippen molar-refractivity contribution in [2.45, 2.75) is 128 Å². The minimum atomic E-state index is -1.54. The predicted molar refractivity (Wildman–Crippen MR) is 331 cm³/mol. The molecule has 92 heavy (non-hydrogen) atoms. The van der Waals surface area contributed by atoms with Gasteiger partial charge in [-0.3, -0.25) is 38.4 Å². The molecule has 6 amide bonds. The number of hydrogen-bond donors (Lipinski definition) is 6. The highest BCUT2D eigenvalue weighted by Gasteiger charge is 2.31. The minimum Gasteiger partial charge on any atom is -0.461 e. The van der Waals surface area contributed by atoms with Crippen molar-refractivity contribution in [1.29, 1.82) is 0 Å². The van der Waals surface area contributed by atoms with Crippen LogP contribution < -0.4 is 36.6 Å². The molecule has 5 aromatic rings. The number of rotatable bonds is 39. The SMILES string of the molecule is CC(C)(C)OC(=O)CNC(=O)C(CCC(=O)NCCOCCOCC(=O)NC(CCC(=O)NC(CCC(=O)OCc1ccccc1)C(=O)OCc1ccccc1)C(=O)NC(CCC(=O)OCc1ccccc1)C(=O)OCc1ccccc1)NC(=O)Oc1ccccc1. The monoisotopic (exact) mass is 1270 g/mol. The molecule has 0 saturated heterocycles. The Hall–Kier alpha value is -10.0. The molecule has 0 spiro atoms. The van der Waals surface area contributed by atoms with Crippen LogP contribution >= 0.6 is 0 Å². The van der Waals surface area contributed by atoms with Crippen LogP contribution in [0.2, 0.25) is 0 Å². The summed E-state index contributed by atoms with van der Waals surface area (Å²) in [7, 11) is 0. The molecule has 25 nitrogen and oxygen atoms in total. The van der Waals surface area contributed by atoms with Crippen molar-refractivity contribution in [2.24, 2.45) is 0 Å². The summed E-state index contributed by atoms with van der Waals surface area (Å²) in [6.07, 6.45) is -3.43. The number of para-hydroxylation sites is 1. The maximum atomic E-state index is 14.3. The van der Waals surface area contributed by atoms with Gasteiger partial charge in [-0.15, -0.1) is 0 Å². The van der Waals surface area contributed by atoms with E-state index in [0.717, 1.165) is 11.1 Å². The second-order valence-corrected chi connectivity index (χ2v) is 21.7. The summed E-state index contributed by atoms with van der Waals surface area (Å²) in [4.78, 5) is 146. The first-order chi connectivity index (χ1) is 44.3. The molecule has 4 atom stereocenters. The van der Waals surface area contributed by atoms with E-state index in [4.69, 9.17) is 37.9 Å². The summed E-state index contributed by atoms with van der Waals surface area (Å²) in [5.41, 5.74) is 1.93. The van der Waals surface area contributed by atoms with Crippen LogP contribution in [0.25, 0.3) is 0 Å². The van der Waals surface area contributed by atoms with Gasteiger partial charge in [0.05, 0.1) is 19.8 Å². The van der Waals surface area contributed by atoms with Crippen LogP contribution in [0.1, 0.15) is 94.4 Å². The summed E-state index contributed by atoms with van der Waals surface area (Å²) in [6, 6.07) is 37.7. The zero-order valence-corrected chi connectivity index (χ0v) is 51.7. The van der Waals surface area contributed by atoms with Crippen molar-refractivity contribution in [3.63, 3.8) is 0 Å². The largest absolute Gasteiger partial charge is 0.461 e. The van der Waals surface area contributed by atoms with Crippen molar-refractivity contribution in [3.8, 4) is 5.75 Å². The van der Waals surface area contributed by atoms with Crippen molar-refractivity contribution in [2.75, 3.05) is 39.5 Å². The van der Waals surface area contributed by atoms with Crippen LogP contribution in [0.15, 0.2) is 152 Å². The topological polar surface area (TPSA) is 334 Å². The van der Waals surface area contributed by atoms with Crippen molar-refractivity contribution >= 4 is 65.5 Å². The Morgan fingerprint density at radius 3 is 1.29 bits per heavy atom. The van der Waals surface area contributed by atoms with Crippen molar-refractivity contribution in [3.05, 3.63) is 174 Å². The molecule has 4 unspecified atom stereocenters. The highest BCUT2D eigenvalue weighted by atomic mass is 16.6. The molecule has 492 valence electrons. The van der Waals surface area contributed by atoms with E-state index in [1.54, 1.807) is 154 Å². The number of hydrogen-bond acceptors (Lipinski definition) is 19. The molecule has 5 aromatic carbocycles. The molecule has 0 aliphatic rings. The lowest BCUT2D eigenvalue weighted by Crippen LogP contribution is -2.53. The fourth-order valence-electron chi connectivity index (χ4n) is 8.33. The third kappa shape index (κ3) is 30.9. The normalized spacial score (nSPS) is 12.2. The summed E-state index contributed by atoms with van der Waals surface area (Å²) in [6.45, 7) is 3.24. The standard InChI is InChI=1S/C67H80N6O19/c1-67(2,3)92-61(79)41-69-62(80)52(73-66(84)91-51-27-17-8-18-28-51)29-33-56(74)68-37-38-85-39-40-86-46-58(76)70-53(63(81)72-55(65(83)90-45-50-25-15-7-16-26-50)32-36-60(78)88-43-48-21-11-5-12-22-48)30-34-57(75)71-54(64(82)89-44-49-23-13-6-14-24-49)31-35-59(77)87-42-47-19-9-4-10-20-47/h4-28,52-55H,29-46H2,1-3H3,(H,68,74)(H,69,80)(H,70,76)(H,71,75)(H,72,81)(H,73,84). The molecule has 25 heteroatoms. The lowest BCUT2D eigenvalue weighted by molar-refractivity contribution is -0.155. The Bertz CT molecular complexity index is 3140. The number of carbonyl (C=O) groups excluding carboxylic acids is 11. The number of carbonyl (C=O) groups is 11. The molecular formula is C67H80N6O19. The second kappa shape index (κ2) is 40.6. The molecule has 6 N–H and O–H groups in total. The molecular weight excluding hydrogens is 1190 g/mol. The number of benzene rings is 5. The highest BCUT2D eigenvalue weighted by Crippen LogP contribution is 2.14. The summed E-state index contributed by atoms with van der Waals surface area (Å²) in [5.74, 6) is -7.43. The number of nitrogens with one attached hydrogen (secondary N) is 6. The molecule has 0 aromatic heterocycles. The Morgan fingerprint density at radius 1 is 0.391 bits per heavy atom. The predicted octanol–water partition coefficient (Wildman–Crippen LogP) is 5.30. The fraction of sp³-hybridized carbons (Fsp3) is 0.388. The molecule has 0 aliphatic carbocycles. The van der Waals surface area contributed by atoms with E-state index in [2.05, 4.69) is 31.9 Å². The Labute approximate surface area is 533 Å². The van der Waals surface area contributed by atoms with Crippen LogP contribution in [-0.2, 0) is 108 Å². The molecule has 0 bridgehead atoms. The Morgan fingerprint density at radius 2 is 0.804 bits per heavy atom. The van der Waals surface area contributed by atoms with Gasteiger partial charge in [-0.2, -0.15) is 0 Å². The zero-order valence-electron chi connectivity index (χ0n) is 51.7. The van der Waals surface area contributed by atoms with Crippen molar-refractivity contribution in [1.82, 2.24) is 31.9 Å². The maximum Gasteiger partial charge on any atom is 0.413 e. The first kappa shape index (κ1) is 72.7. The number of esters is 5. The summed E-state index contributed by atoms with van der Waals surface area (Å²) < 4.78 is 43.5. The third-order valence-corrected chi connectivity index (χ3v) is 13.0. The van der Waals surface area contributed by atoms with E-state index >= 15 is 0 Å². The van der Waals surface area contributed by atoms with Gasteiger partial charge < -0.3 is 69.8 Å². The number of amides is 6. The molecule has 5 rings (SSSR count). The van der Waals surface area contributed by atoms with Gasteiger partial charge in [-0.1, -0.05) is 140 Å². The Kier molecular flexibility index (Phi) is 32.1. The van der Waals surface area contributed by atoms with Gasteiger partial charge in [-0.05, 0) is 80.8 Å². The molecule has 0 aliphatic heterocycles. The van der Waals surface area contributed by atoms with Gasteiger partial charge in [0.2, 0.25) is 29.5 Å². The lowest BCUT2D eigenvalue weighted by Gasteiger charge is -2.23. The first-order valence-electron chi connectivity index (χ1n) is 29.9. The van der Waals surface area contributed by atoms with Gasteiger partial charge in [0.25, 0.3) is 0 Å². The average Bonchev–Trinajstić information content (AvgIpc) is 1.78. The highest BCUT2D eigenvalue weighted by molar-refractivity contribution is 5.92. The van der Waals surface area contributed by atoms with E-state index in [-0.39, 0.29) is 97.1 Å². The first-order valence-corrected chi connectivity index (χ1v) is 29.9. The average molecular weight is 1270 g/mol. The Balaban J connectivity index is 1.18. The molecule has 0 fully saturated rings. The van der Waals surface area contributed by atoms with E-state index in [0.29, 0.717) is 11.1 Å². The molecule has 0 radical (unpaired) electrons. The van der Waals surface area contributed by atoms with E-state index in [1.165, 1.54) is 12.1 Å². The van der Waals surface area contributed by atoms with Gasteiger partial charge in [0, 0.05) is 32.2 Å². The van der Waals surface area contributed by atoms with Gasteiger partial charge in [0.1, 0.15) is 75.1 Å². The maximum absolute atomic E-state index is 14.3. The van der Waals surface area contributed by atoms with Gasteiger partial charge >= 0.3 is 35.9 Å². The van der Waals surface area contributed by atoms with Gasteiger partial charge in [0.15, 0.2) is 0 Å². The van der Waals surface area contributed by atoms with Crippen LogP contribution in [-0.4, -0.2) is 135 Å². The summed E-state index contributed by atoms with van der Waals surface area (Å²) in [5, 5.41) is 15.2. The quantitative estimate of drug-likeness (QED) is 0.0165. The third-order valence-electron chi connectivity index (χ3n) is 13.0. The zero-order chi connectivity index (χ0) is 66.4. The van der Waals surface area contributed by atoms with Crippen LogP contribution in [0.4, 0.5) is 4.79 Å². The van der Waals surface area contributed by atoms with Crippen LogP contribution in [0.3, 0.4) is 0 Å². The van der Waals surface area contributed by atoms with E-state index < -0.39 is 121 Å².